The monoisotopic (exact) mass is 410 g/mol. The van der Waals surface area contributed by atoms with Gasteiger partial charge in [-0.15, -0.1) is 0 Å². The molecule has 1 aliphatic carbocycles. The number of hydrogen-bond donors (Lipinski definition) is 2. The molecule has 1 aromatic carbocycles. The highest BCUT2D eigenvalue weighted by atomic mass is 16.6. The number of nitrogens with zero attached hydrogens (tertiary/aromatic N) is 2. The Bertz CT molecular complexity index is 913. The first-order valence-electron chi connectivity index (χ1n) is 10.8. The summed E-state index contributed by atoms with van der Waals surface area (Å²) in [5.74, 6) is 0. The lowest BCUT2D eigenvalue weighted by Crippen LogP contribution is -2.48. The molecule has 4 rings (SSSR count). The number of hydrogen-bond acceptors (Lipinski definition) is 4. The predicted octanol–water partition coefficient (Wildman–Crippen LogP) is 4.44. The summed E-state index contributed by atoms with van der Waals surface area (Å²) in [6.45, 7) is 7.72. The van der Waals surface area contributed by atoms with Gasteiger partial charge in [0.25, 0.3) is 5.69 Å². The number of rotatable bonds is 5. The fourth-order valence-corrected chi connectivity index (χ4v) is 5.15. The highest BCUT2D eigenvalue weighted by molar-refractivity contribution is 5.80. The number of allylic oxidation sites excluding steroid dienone is 1. The number of nitro benzene ring substituents is 1. The zero-order chi connectivity index (χ0) is 21.3. The van der Waals surface area contributed by atoms with Gasteiger partial charge in [-0.05, 0) is 61.9 Å². The Balaban J connectivity index is 1.66. The van der Waals surface area contributed by atoms with Crippen molar-refractivity contribution in [1.82, 2.24) is 15.5 Å². The summed E-state index contributed by atoms with van der Waals surface area (Å²) in [4.78, 5) is 26.2. The molecule has 0 aromatic heterocycles. The fourth-order valence-electron chi connectivity index (χ4n) is 5.15. The van der Waals surface area contributed by atoms with Gasteiger partial charge in [0.2, 0.25) is 0 Å². The van der Waals surface area contributed by atoms with Crippen LogP contribution in [0.25, 0.3) is 0 Å². The second-order valence-electron chi connectivity index (χ2n) is 9.19. The summed E-state index contributed by atoms with van der Waals surface area (Å²) in [7, 11) is 0. The van der Waals surface area contributed by atoms with Crippen LogP contribution < -0.4 is 10.6 Å². The van der Waals surface area contributed by atoms with Gasteiger partial charge < -0.3 is 15.5 Å². The number of carbonyl (C=O) groups is 1. The van der Waals surface area contributed by atoms with Crippen molar-refractivity contribution >= 4 is 11.7 Å². The Morgan fingerprint density at radius 2 is 1.93 bits per heavy atom. The van der Waals surface area contributed by atoms with Crippen LogP contribution in [0.15, 0.2) is 47.2 Å². The second kappa shape index (κ2) is 8.22. The highest BCUT2D eigenvalue weighted by Crippen LogP contribution is 2.48. The molecule has 1 unspecified atom stereocenters. The van der Waals surface area contributed by atoms with Gasteiger partial charge in [0.15, 0.2) is 0 Å². The van der Waals surface area contributed by atoms with Crippen molar-refractivity contribution in [2.75, 3.05) is 19.6 Å². The minimum atomic E-state index is -0.509. The lowest BCUT2D eigenvalue weighted by Gasteiger charge is -2.42. The molecule has 1 aromatic rings. The van der Waals surface area contributed by atoms with Crippen molar-refractivity contribution in [3.8, 4) is 0 Å². The van der Waals surface area contributed by atoms with Gasteiger partial charge in [-0.25, -0.2) is 4.79 Å². The molecule has 7 heteroatoms. The average Bonchev–Trinajstić information content (AvgIpc) is 2.71. The first kappa shape index (κ1) is 20.6. The van der Waals surface area contributed by atoms with Crippen molar-refractivity contribution in [2.24, 2.45) is 5.41 Å². The molecule has 7 nitrogen and oxygen atoms in total. The molecule has 2 heterocycles. The summed E-state index contributed by atoms with van der Waals surface area (Å²) in [5.41, 5.74) is 3.48. The Labute approximate surface area is 177 Å². The normalized spacial score (nSPS) is 23.9. The molecular weight excluding hydrogens is 380 g/mol. The van der Waals surface area contributed by atoms with Crippen LogP contribution in [-0.2, 0) is 0 Å². The first-order valence-corrected chi connectivity index (χ1v) is 10.8. The number of benzene rings is 1. The summed E-state index contributed by atoms with van der Waals surface area (Å²) in [6, 6.07) is 5.85. The van der Waals surface area contributed by atoms with Crippen LogP contribution in [0, 0.1) is 15.5 Å². The average molecular weight is 411 g/mol. The number of urea groups is 1. The fraction of sp³-hybridized carbons (Fsp3) is 0.522. The molecule has 0 spiro atoms. The van der Waals surface area contributed by atoms with Crippen LogP contribution in [0.5, 0.6) is 0 Å². The van der Waals surface area contributed by atoms with Crippen LogP contribution in [0.4, 0.5) is 10.5 Å². The zero-order valence-corrected chi connectivity index (χ0v) is 17.7. The number of nitrogens with one attached hydrogen (secondary N) is 2. The Hall–Kier alpha value is -2.67. The quantitative estimate of drug-likeness (QED) is 0.555. The van der Waals surface area contributed by atoms with Gasteiger partial charge in [-0.1, -0.05) is 38.0 Å². The van der Waals surface area contributed by atoms with E-state index in [1.165, 1.54) is 44.0 Å². The standard InChI is InChI=1S/C23H30N4O3/c1-23(2)15-16(10-13-26-11-6-3-7-12-26)14-18-20(23)21(25-22(28)24-18)17-8-4-5-9-19(17)27(29)30/h4-5,8-9,14,21H,3,6-7,10-13,15H2,1-2H3,(H2,24,25,28). The van der Waals surface area contributed by atoms with Crippen LogP contribution in [-0.4, -0.2) is 35.5 Å². The molecule has 3 aliphatic rings. The van der Waals surface area contributed by atoms with Gasteiger partial charge in [-0.2, -0.15) is 0 Å². The number of nitro groups is 1. The molecule has 1 fully saturated rings. The maximum absolute atomic E-state index is 12.4. The molecule has 160 valence electrons. The van der Waals surface area contributed by atoms with Crippen LogP contribution in [0.3, 0.4) is 0 Å². The number of likely N-dealkylation sites (tertiary alicyclic amines) is 1. The van der Waals surface area contributed by atoms with E-state index in [1.54, 1.807) is 18.2 Å². The van der Waals surface area contributed by atoms with E-state index in [1.807, 2.05) is 0 Å². The van der Waals surface area contributed by atoms with E-state index in [0.29, 0.717) is 5.56 Å². The maximum atomic E-state index is 12.4. The topological polar surface area (TPSA) is 87.5 Å². The van der Waals surface area contributed by atoms with Crippen molar-refractivity contribution in [3.63, 3.8) is 0 Å². The molecule has 0 radical (unpaired) electrons. The van der Waals surface area contributed by atoms with E-state index >= 15 is 0 Å². The highest BCUT2D eigenvalue weighted by Gasteiger charge is 2.41. The molecule has 0 bridgehead atoms. The van der Waals surface area contributed by atoms with Crippen molar-refractivity contribution < 1.29 is 9.72 Å². The summed E-state index contributed by atoms with van der Waals surface area (Å²) in [6.07, 6.45) is 7.85. The Kier molecular flexibility index (Phi) is 5.64. The van der Waals surface area contributed by atoms with Crippen LogP contribution >= 0.6 is 0 Å². The SMILES string of the molecule is CC1(C)CC(CCN2CCCCC2)=CC2=C1C(c1ccccc1[N+](=O)[O-])NC(=O)N2. The van der Waals surface area contributed by atoms with E-state index < -0.39 is 6.04 Å². The maximum Gasteiger partial charge on any atom is 0.319 e. The van der Waals surface area contributed by atoms with Gasteiger partial charge in [0.05, 0.1) is 16.5 Å². The summed E-state index contributed by atoms with van der Waals surface area (Å²) >= 11 is 0. The van der Waals surface area contributed by atoms with Crippen LogP contribution in [0.2, 0.25) is 0 Å². The molecule has 0 saturated carbocycles. The zero-order valence-electron chi connectivity index (χ0n) is 17.7. The molecular formula is C23H30N4O3. The van der Waals surface area contributed by atoms with E-state index in [0.717, 1.165) is 30.7 Å². The number of para-hydroxylation sites is 1. The number of amides is 2. The predicted molar refractivity (Wildman–Crippen MR) is 116 cm³/mol. The van der Waals surface area contributed by atoms with E-state index in [2.05, 4.69) is 35.5 Å². The van der Waals surface area contributed by atoms with Crippen molar-refractivity contribution in [3.05, 3.63) is 62.9 Å². The van der Waals surface area contributed by atoms with Gasteiger partial charge in [-0.3, -0.25) is 10.1 Å². The summed E-state index contributed by atoms with van der Waals surface area (Å²) < 4.78 is 0. The largest absolute Gasteiger partial charge is 0.327 e. The van der Waals surface area contributed by atoms with Crippen molar-refractivity contribution in [2.45, 2.75) is 52.0 Å². The smallest absolute Gasteiger partial charge is 0.319 e. The van der Waals surface area contributed by atoms with Crippen LogP contribution in [0.1, 0.15) is 57.6 Å². The molecule has 1 saturated heterocycles. The minimum absolute atomic E-state index is 0.0345. The van der Waals surface area contributed by atoms with E-state index in [-0.39, 0.29) is 22.1 Å². The Morgan fingerprint density at radius 3 is 2.67 bits per heavy atom. The first-order chi connectivity index (χ1) is 14.3. The molecule has 2 aliphatic heterocycles. The number of carbonyl (C=O) groups excluding carboxylic acids is 1. The lowest BCUT2D eigenvalue weighted by atomic mass is 9.69. The van der Waals surface area contributed by atoms with Crippen molar-refractivity contribution in [1.29, 1.82) is 0 Å². The van der Waals surface area contributed by atoms with Gasteiger partial charge >= 0.3 is 6.03 Å². The Morgan fingerprint density at radius 1 is 1.20 bits per heavy atom. The second-order valence-corrected chi connectivity index (χ2v) is 9.19. The third kappa shape index (κ3) is 4.12. The molecule has 2 amide bonds. The van der Waals surface area contributed by atoms with Gasteiger partial charge in [0, 0.05) is 18.3 Å². The van der Waals surface area contributed by atoms with E-state index in [9.17, 15) is 14.9 Å². The number of piperidine rings is 1. The van der Waals surface area contributed by atoms with Gasteiger partial charge in [0.1, 0.15) is 0 Å². The molecule has 30 heavy (non-hydrogen) atoms. The third-order valence-electron chi connectivity index (χ3n) is 6.49. The minimum Gasteiger partial charge on any atom is -0.327 e. The van der Waals surface area contributed by atoms with E-state index in [4.69, 9.17) is 0 Å². The molecule has 1 atom stereocenters. The third-order valence-corrected chi connectivity index (χ3v) is 6.49. The molecule has 2 N–H and O–H groups in total. The lowest BCUT2D eigenvalue weighted by molar-refractivity contribution is -0.385. The summed E-state index contributed by atoms with van der Waals surface area (Å²) in [5, 5.41) is 17.5.